The Kier molecular flexibility index (Phi) is 4.06. The van der Waals surface area contributed by atoms with Crippen molar-refractivity contribution in [3.8, 4) is 0 Å². The molecule has 0 saturated carbocycles. The van der Waals surface area contributed by atoms with E-state index in [-0.39, 0.29) is 17.7 Å². The van der Waals surface area contributed by atoms with Crippen LogP contribution in [-0.2, 0) is 4.79 Å². The van der Waals surface area contributed by atoms with Gasteiger partial charge in [0.2, 0.25) is 0 Å². The Hall–Kier alpha value is -2.85. The van der Waals surface area contributed by atoms with E-state index < -0.39 is 0 Å². The molecule has 3 aromatic rings. The van der Waals surface area contributed by atoms with Crippen LogP contribution in [0.1, 0.15) is 35.9 Å². The lowest BCUT2D eigenvalue weighted by Gasteiger charge is -2.29. The van der Waals surface area contributed by atoms with Gasteiger partial charge in [-0.2, -0.15) is 11.3 Å². The van der Waals surface area contributed by atoms with Crippen LogP contribution in [-0.4, -0.2) is 5.78 Å². The van der Waals surface area contributed by atoms with Crippen LogP contribution in [0.2, 0.25) is 0 Å². The summed E-state index contributed by atoms with van der Waals surface area (Å²) in [6, 6.07) is 20.6. The lowest BCUT2D eigenvalue weighted by molar-refractivity contribution is -0.116. The summed E-state index contributed by atoms with van der Waals surface area (Å²) < 4.78 is 0. The Labute approximate surface area is 162 Å². The van der Waals surface area contributed by atoms with Gasteiger partial charge in [0.05, 0.1) is 17.4 Å². The zero-order chi connectivity index (χ0) is 18.2. The molecule has 0 bridgehead atoms. The summed E-state index contributed by atoms with van der Waals surface area (Å²) in [5, 5.41) is 11.4. The normalized spacial score (nSPS) is 21.6. The maximum atomic E-state index is 13.3. The van der Waals surface area contributed by atoms with Crippen LogP contribution in [0.15, 0.2) is 82.7 Å². The molecular weight excluding hydrogens is 352 g/mol. The molecule has 27 heavy (non-hydrogen) atoms. The summed E-state index contributed by atoms with van der Waals surface area (Å²) in [5.41, 5.74) is 6.39. The van der Waals surface area contributed by atoms with Crippen molar-refractivity contribution in [3.05, 3.63) is 93.8 Å². The van der Waals surface area contributed by atoms with Gasteiger partial charge in [-0.05, 0) is 52.4 Å². The Balaban J connectivity index is 1.61. The quantitative estimate of drug-likeness (QED) is 0.604. The highest BCUT2D eigenvalue weighted by Crippen LogP contribution is 2.44. The third-order valence-corrected chi connectivity index (χ3v) is 6.16. The number of hydrogen-bond acceptors (Lipinski definition) is 4. The fourth-order valence-electron chi connectivity index (χ4n) is 4.14. The molecule has 134 valence electrons. The highest BCUT2D eigenvalue weighted by Gasteiger charge is 2.36. The predicted molar refractivity (Wildman–Crippen MR) is 111 cm³/mol. The number of hydrogen-bond donors (Lipinski definition) is 2. The topological polar surface area (TPSA) is 41.1 Å². The number of para-hydroxylation sites is 2. The number of anilines is 2. The summed E-state index contributed by atoms with van der Waals surface area (Å²) in [4.78, 5) is 13.3. The highest BCUT2D eigenvalue weighted by atomic mass is 32.1. The minimum Gasteiger partial charge on any atom is -0.372 e. The van der Waals surface area contributed by atoms with E-state index in [2.05, 4.69) is 63.9 Å². The third-order valence-electron chi connectivity index (χ3n) is 5.46. The lowest BCUT2D eigenvalue weighted by Crippen LogP contribution is -2.26. The fourth-order valence-corrected chi connectivity index (χ4v) is 4.83. The number of carbonyl (C=O) groups excluding carboxylic acids is 1. The van der Waals surface area contributed by atoms with Crippen LogP contribution in [0.4, 0.5) is 11.4 Å². The number of Topliss-reactive ketones (excluding diaryl/α,β-unsaturated/α-hetero) is 1. The van der Waals surface area contributed by atoms with Crippen molar-refractivity contribution >= 4 is 28.5 Å². The molecule has 1 aliphatic heterocycles. The van der Waals surface area contributed by atoms with E-state index in [9.17, 15) is 4.79 Å². The van der Waals surface area contributed by atoms with Gasteiger partial charge >= 0.3 is 0 Å². The van der Waals surface area contributed by atoms with Crippen LogP contribution in [0, 0.1) is 0 Å². The van der Waals surface area contributed by atoms with Crippen LogP contribution < -0.4 is 10.6 Å². The molecule has 2 N–H and O–H groups in total. The second kappa shape index (κ2) is 6.71. The molecule has 2 aliphatic rings. The van der Waals surface area contributed by atoms with E-state index in [1.165, 1.54) is 5.56 Å². The molecule has 0 amide bonds. The molecule has 1 aromatic heterocycles. The summed E-state index contributed by atoms with van der Waals surface area (Å²) in [6.07, 6.45) is 1.41. The molecule has 0 fully saturated rings. The fraction of sp³-hybridized carbons (Fsp3) is 0.174. The van der Waals surface area contributed by atoms with E-state index in [0.29, 0.717) is 6.42 Å². The van der Waals surface area contributed by atoms with Crippen molar-refractivity contribution < 1.29 is 4.79 Å². The average molecular weight is 372 g/mol. The second-order valence-electron chi connectivity index (χ2n) is 7.14. The number of thiophene rings is 1. The number of rotatable bonds is 2. The zero-order valence-electron chi connectivity index (χ0n) is 14.8. The molecule has 5 rings (SSSR count). The van der Waals surface area contributed by atoms with E-state index in [1.807, 2.05) is 18.2 Å². The molecule has 0 radical (unpaired) electrons. The number of carbonyl (C=O) groups is 1. The molecule has 2 atom stereocenters. The van der Waals surface area contributed by atoms with Gasteiger partial charge in [-0.25, -0.2) is 0 Å². The highest BCUT2D eigenvalue weighted by molar-refractivity contribution is 7.08. The van der Waals surface area contributed by atoms with E-state index >= 15 is 0 Å². The van der Waals surface area contributed by atoms with Crippen molar-refractivity contribution in [1.82, 2.24) is 0 Å². The van der Waals surface area contributed by atoms with Crippen molar-refractivity contribution in [1.29, 1.82) is 0 Å². The van der Waals surface area contributed by atoms with E-state index in [1.54, 1.807) is 11.3 Å². The summed E-state index contributed by atoms with van der Waals surface area (Å²) in [5.74, 6) is 0.451. The first kappa shape index (κ1) is 16.3. The third kappa shape index (κ3) is 2.96. The Morgan fingerprint density at radius 3 is 2.41 bits per heavy atom. The first-order chi connectivity index (χ1) is 13.3. The molecular formula is C23H20N2OS. The minimum absolute atomic E-state index is 0.105. The van der Waals surface area contributed by atoms with Crippen molar-refractivity contribution in [2.45, 2.75) is 24.8 Å². The molecule has 0 spiro atoms. The van der Waals surface area contributed by atoms with Crippen molar-refractivity contribution in [2.24, 2.45) is 0 Å². The monoisotopic (exact) mass is 372 g/mol. The predicted octanol–water partition coefficient (Wildman–Crippen LogP) is 5.73. The second-order valence-corrected chi connectivity index (χ2v) is 7.92. The van der Waals surface area contributed by atoms with E-state index in [0.717, 1.165) is 34.6 Å². The van der Waals surface area contributed by atoms with Crippen LogP contribution in [0.5, 0.6) is 0 Å². The van der Waals surface area contributed by atoms with Gasteiger partial charge in [-0.3, -0.25) is 4.79 Å². The van der Waals surface area contributed by atoms with E-state index in [4.69, 9.17) is 0 Å². The molecule has 0 saturated heterocycles. The number of benzene rings is 2. The summed E-state index contributed by atoms with van der Waals surface area (Å²) in [6.45, 7) is 0. The van der Waals surface area contributed by atoms with Crippen LogP contribution >= 0.6 is 11.3 Å². The van der Waals surface area contributed by atoms with Crippen LogP contribution in [0.3, 0.4) is 0 Å². The Morgan fingerprint density at radius 2 is 1.63 bits per heavy atom. The largest absolute Gasteiger partial charge is 0.372 e. The molecule has 4 heteroatoms. The van der Waals surface area contributed by atoms with Gasteiger partial charge in [0.1, 0.15) is 0 Å². The Bertz CT molecular complexity index is 1010. The first-order valence-electron chi connectivity index (χ1n) is 9.25. The molecule has 2 heterocycles. The maximum absolute atomic E-state index is 13.3. The maximum Gasteiger partial charge on any atom is 0.163 e. The number of nitrogens with one attached hydrogen (secondary N) is 2. The minimum atomic E-state index is -0.105. The molecule has 2 aromatic carbocycles. The van der Waals surface area contributed by atoms with Gasteiger partial charge < -0.3 is 10.6 Å². The summed E-state index contributed by atoms with van der Waals surface area (Å²) >= 11 is 1.67. The van der Waals surface area contributed by atoms with Gasteiger partial charge in [-0.15, -0.1) is 0 Å². The number of fused-ring (bicyclic) bond motifs is 1. The van der Waals surface area contributed by atoms with Gasteiger partial charge in [-0.1, -0.05) is 42.5 Å². The summed E-state index contributed by atoms with van der Waals surface area (Å²) in [7, 11) is 0. The zero-order valence-corrected chi connectivity index (χ0v) is 15.6. The molecule has 3 nitrogen and oxygen atoms in total. The van der Waals surface area contributed by atoms with Gasteiger partial charge in [0.25, 0.3) is 0 Å². The van der Waals surface area contributed by atoms with Gasteiger partial charge in [0, 0.05) is 17.7 Å². The number of ketones is 1. The molecule has 2 unspecified atom stereocenters. The average Bonchev–Trinajstić information content (AvgIpc) is 3.17. The van der Waals surface area contributed by atoms with Crippen molar-refractivity contribution in [2.75, 3.05) is 10.6 Å². The standard InChI is InChI=1S/C23H20N2OS/c26-21-13-17(15-6-2-1-3-7-15)12-20-22(21)23(16-10-11-27-14-16)25-19-9-5-4-8-18(19)24-20/h1-11,14,17,23-25H,12-13H2. The number of allylic oxidation sites excluding steroid dienone is 1. The SMILES string of the molecule is O=C1CC(c2ccccc2)CC2=C1C(c1ccsc1)Nc1ccccc1N2. The Morgan fingerprint density at radius 1 is 0.852 bits per heavy atom. The van der Waals surface area contributed by atoms with Crippen LogP contribution in [0.25, 0.3) is 0 Å². The van der Waals surface area contributed by atoms with Crippen molar-refractivity contribution in [3.63, 3.8) is 0 Å². The first-order valence-corrected chi connectivity index (χ1v) is 10.2. The molecule has 1 aliphatic carbocycles. The van der Waals surface area contributed by atoms with Gasteiger partial charge in [0.15, 0.2) is 5.78 Å². The smallest absolute Gasteiger partial charge is 0.163 e. The lowest BCUT2D eigenvalue weighted by atomic mass is 9.79.